The first kappa shape index (κ1) is 29.4. The highest BCUT2D eigenvalue weighted by atomic mass is 16.7. The van der Waals surface area contributed by atoms with E-state index in [4.69, 9.17) is 14.2 Å². The average molecular weight is 574 g/mol. The zero-order valence-electron chi connectivity index (χ0n) is 24.4. The summed E-state index contributed by atoms with van der Waals surface area (Å²) in [6.45, 7) is 5.78. The molecule has 42 heavy (non-hydrogen) atoms. The summed E-state index contributed by atoms with van der Waals surface area (Å²) < 4.78 is 17.6. The van der Waals surface area contributed by atoms with Crippen LogP contribution in [0.1, 0.15) is 30.5 Å². The van der Waals surface area contributed by atoms with Crippen LogP contribution >= 0.6 is 0 Å². The normalized spacial score (nSPS) is 18.9. The molecule has 3 aromatic carbocycles. The van der Waals surface area contributed by atoms with E-state index in [0.29, 0.717) is 36.6 Å². The number of anilines is 1. The topological polar surface area (TPSA) is 101 Å². The van der Waals surface area contributed by atoms with Crippen molar-refractivity contribution in [2.45, 2.75) is 45.4 Å². The van der Waals surface area contributed by atoms with E-state index >= 15 is 0 Å². The number of aliphatic hydroxyl groups excluding tert-OH is 1. The van der Waals surface area contributed by atoms with E-state index in [2.05, 4.69) is 17.1 Å². The van der Waals surface area contributed by atoms with Crippen LogP contribution in [0.25, 0.3) is 0 Å². The van der Waals surface area contributed by atoms with Crippen molar-refractivity contribution in [1.82, 2.24) is 9.80 Å². The summed E-state index contributed by atoms with van der Waals surface area (Å²) in [5, 5.41) is 12.9. The van der Waals surface area contributed by atoms with Crippen molar-refractivity contribution in [1.29, 1.82) is 0 Å². The van der Waals surface area contributed by atoms with Gasteiger partial charge in [-0.1, -0.05) is 43.3 Å². The molecule has 2 heterocycles. The summed E-state index contributed by atoms with van der Waals surface area (Å²) >= 11 is 0. The number of nitrogens with one attached hydrogen (secondary N) is 1. The monoisotopic (exact) mass is 573 g/mol. The second-order valence-electron chi connectivity index (χ2n) is 11.3. The van der Waals surface area contributed by atoms with Gasteiger partial charge >= 0.3 is 0 Å². The molecule has 0 unspecified atom stereocenters. The minimum atomic E-state index is -0.331. The Labute approximate surface area is 247 Å². The molecule has 9 nitrogen and oxygen atoms in total. The van der Waals surface area contributed by atoms with Crippen molar-refractivity contribution >= 4 is 17.5 Å². The average Bonchev–Trinajstić information content (AvgIpc) is 3.45. The standard InChI is InChI=1S/C33H39N3O6/c1-22-17-36(23(2)20-37)33(39)16-26-15-27(34-32(38)14-24-7-5-4-6-8-24)10-12-28(26)42-31(22)19-35(3)18-25-9-11-29-30(13-25)41-21-40-29/h4-13,15,22-23,31,37H,14,16-21H2,1-3H3,(H,34,38)/t22-,23-,31+/m1/s1. The van der Waals surface area contributed by atoms with Crippen LogP contribution in [0.5, 0.6) is 17.2 Å². The molecule has 0 bridgehead atoms. The molecule has 0 saturated heterocycles. The third-order valence-electron chi connectivity index (χ3n) is 7.79. The molecule has 0 radical (unpaired) electrons. The number of carbonyl (C=O) groups is 2. The van der Waals surface area contributed by atoms with E-state index < -0.39 is 0 Å². The zero-order chi connectivity index (χ0) is 29.6. The van der Waals surface area contributed by atoms with Gasteiger partial charge in [-0.3, -0.25) is 14.5 Å². The molecule has 2 aliphatic heterocycles. The van der Waals surface area contributed by atoms with Gasteiger partial charge in [-0.2, -0.15) is 0 Å². The van der Waals surface area contributed by atoms with Gasteiger partial charge < -0.3 is 29.5 Å². The Morgan fingerprint density at radius 2 is 1.81 bits per heavy atom. The van der Waals surface area contributed by atoms with Crippen LogP contribution in [0.4, 0.5) is 5.69 Å². The molecule has 3 atom stereocenters. The Hall–Kier alpha value is -4.08. The number of nitrogens with zero attached hydrogens (tertiary/aromatic N) is 2. The Morgan fingerprint density at radius 1 is 1.05 bits per heavy atom. The van der Waals surface area contributed by atoms with Crippen molar-refractivity contribution in [2.24, 2.45) is 5.92 Å². The van der Waals surface area contributed by atoms with Gasteiger partial charge in [0.25, 0.3) is 0 Å². The van der Waals surface area contributed by atoms with Crippen molar-refractivity contribution in [3.63, 3.8) is 0 Å². The third-order valence-corrected chi connectivity index (χ3v) is 7.79. The lowest BCUT2D eigenvalue weighted by molar-refractivity contribution is -0.134. The van der Waals surface area contributed by atoms with Crippen LogP contribution in [0.15, 0.2) is 66.7 Å². The van der Waals surface area contributed by atoms with E-state index in [0.717, 1.165) is 22.6 Å². The predicted molar refractivity (Wildman–Crippen MR) is 160 cm³/mol. The molecular formula is C33H39N3O6. The second-order valence-corrected chi connectivity index (χ2v) is 11.3. The van der Waals surface area contributed by atoms with Crippen molar-refractivity contribution in [2.75, 3.05) is 38.9 Å². The molecule has 3 aromatic rings. The number of aliphatic hydroxyl groups is 1. The van der Waals surface area contributed by atoms with E-state index in [9.17, 15) is 14.7 Å². The van der Waals surface area contributed by atoms with E-state index in [1.165, 1.54) is 0 Å². The van der Waals surface area contributed by atoms with Gasteiger partial charge in [-0.05, 0) is 55.4 Å². The minimum Gasteiger partial charge on any atom is -0.488 e. The first-order valence-corrected chi connectivity index (χ1v) is 14.4. The molecule has 9 heteroatoms. The molecular weight excluding hydrogens is 534 g/mol. The number of likely N-dealkylation sites (N-methyl/N-ethyl adjacent to an activating group) is 1. The molecule has 2 amide bonds. The van der Waals surface area contributed by atoms with Gasteiger partial charge in [0.1, 0.15) is 11.9 Å². The molecule has 0 aliphatic carbocycles. The maximum Gasteiger partial charge on any atom is 0.231 e. The van der Waals surface area contributed by atoms with Crippen molar-refractivity contribution < 1.29 is 28.9 Å². The number of rotatable bonds is 9. The maximum absolute atomic E-state index is 13.5. The Kier molecular flexibility index (Phi) is 9.29. The van der Waals surface area contributed by atoms with Crippen LogP contribution in [-0.4, -0.2) is 72.4 Å². The lowest BCUT2D eigenvalue weighted by Crippen LogP contribution is -2.47. The summed E-state index contributed by atoms with van der Waals surface area (Å²) in [5.41, 5.74) is 3.33. The van der Waals surface area contributed by atoms with E-state index in [1.54, 1.807) is 4.90 Å². The Balaban J connectivity index is 1.35. The first-order valence-electron chi connectivity index (χ1n) is 14.4. The van der Waals surface area contributed by atoms with Crippen LogP contribution in [0.2, 0.25) is 0 Å². The number of benzene rings is 3. The summed E-state index contributed by atoms with van der Waals surface area (Å²) in [7, 11) is 2.04. The van der Waals surface area contributed by atoms with Crippen molar-refractivity contribution in [3.8, 4) is 17.2 Å². The van der Waals surface area contributed by atoms with Crippen LogP contribution in [0, 0.1) is 5.92 Å². The lowest BCUT2D eigenvalue weighted by Gasteiger charge is -2.34. The number of hydrogen-bond donors (Lipinski definition) is 2. The number of carbonyl (C=O) groups excluding carboxylic acids is 2. The quantitative estimate of drug-likeness (QED) is 0.401. The predicted octanol–water partition coefficient (Wildman–Crippen LogP) is 3.88. The summed E-state index contributed by atoms with van der Waals surface area (Å²) in [4.78, 5) is 30.2. The smallest absolute Gasteiger partial charge is 0.231 e. The van der Waals surface area contributed by atoms with Crippen LogP contribution in [-0.2, 0) is 29.0 Å². The largest absolute Gasteiger partial charge is 0.488 e. The SMILES string of the molecule is C[C@@H]1CN([C@H](C)CO)C(=O)Cc2cc(NC(=O)Cc3ccccc3)ccc2O[C@H]1CN(C)Cc1ccc2c(c1)OCO2. The van der Waals surface area contributed by atoms with Crippen LogP contribution in [0.3, 0.4) is 0 Å². The van der Waals surface area contributed by atoms with Gasteiger partial charge in [0, 0.05) is 36.8 Å². The highest BCUT2D eigenvalue weighted by Gasteiger charge is 2.31. The Morgan fingerprint density at radius 3 is 2.60 bits per heavy atom. The van der Waals surface area contributed by atoms with E-state index in [1.807, 2.05) is 80.7 Å². The summed E-state index contributed by atoms with van der Waals surface area (Å²) in [6.07, 6.45) is 0.125. The molecule has 2 N–H and O–H groups in total. The minimum absolute atomic E-state index is 0.0154. The number of fused-ring (bicyclic) bond motifs is 2. The maximum atomic E-state index is 13.5. The molecule has 2 aliphatic rings. The van der Waals surface area contributed by atoms with Gasteiger partial charge in [0.05, 0.1) is 25.5 Å². The molecule has 222 valence electrons. The molecule has 5 rings (SSSR count). The highest BCUT2D eigenvalue weighted by Crippen LogP contribution is 2.33. The van der Waals surface area contributed by atoms with Gasteiger partial charge in [0.15, 0.2) is 11.5 Å². The fraction of sp³-hybridized carbons (Fsp3) is 0.394. The van der Waals surface area contributed by atoms with Gasteiger partial charge in [-0.25, -0.2) is 0 Å². The molecule has 0 fully saturated rings. The summed E-state index contributed by atoms with van der Waals surface area (Å²) in [5.74, 6) is 1.89. The second kappa shape index (κ2) is 13.3. The number of ether oxygens (including phenoxy) is 3. The fourth-order valence-electron chi connectivity index (χ4n) is 5.43. The van der Waals surface area contributed by atoms with Gasteiger partial charge in [-0.15, -0.1) is 0 Å². The number of amides is 2. The third kappa shape index (κ3) is 7.21. The van der Waals surface area contributed by atoms with Crippen LogP contribution < -0.4 is 19.5 Å². The molecule has 0 spiro atoms. The first-order chi connectivity index (χ1) is 20.3. The molecule has 0 aromatic heterocycles. The lowest BCUT2D eigenvalue weighted by atomic mass is 10.0. The summed E-state index contributed by atoms with van der Waals surface area (Å²) in [6, 6.07) is 20.7. The van der Waals surface area contributed by atoms with Gasteiger partial charge in [0.2, 0.25) is 18.6 Å². The fourth-order valence-corrected chi connectivity index (χ4v) is 5.43. The Bertz CT molecular complexity index is 1400. The molecule has 0 saturated carbocycles. The highest BCUT2D eigenvalue weighted by molar-refractivity contribution is 5.92. The van der Waals surface area contributed by atoms with E-state index in [-0.39, 0.29) is 56.1 Å². The van der Waals surface area contributed by atoms with Crippen molar-refractivity contribution in [3.05, 3.63) is 83.4 Å². The number of hydrogen-bond acceptors (Lipinski definition) is 7. The zero-order valence-corrected chi connectivity index (χ0v) is 24.4.